The Hall–Kier alpha value is -4.95. The van der Waals surface area contributed by atoms with Gasteiger partial charge in [-0.2, -0.15) is 0 Å². The van der Waals surface area contributed by atoms with Crippen molar-refractivity contribution in [2.75, 3.05) is 91.6 Å². The fourth-order valence-electron chi connectivity index (χ4n) is 10.3. The Labute approximate surface area is 536 Å². The van der Waals surface area contributed by atoms with E-state index in [9.17, 15) is 74.4 Å². The Kier molecular flexibility index (Phi) is 26.8. The molecule has 0 spiro atoms. The van der Waals surface area contributed by atoms with Crippen molar-refractivity contribution in [3.63, 3.8) is 0 Å². The van der Waals surface area contributed by atoms with Crippen LogP contribution in [0.25, 0.3) is 0 Å². The average Bonchev–Trinajstić information content (AvgIpc) is 1.68. The third kappa shape index (κ3) is 21.0. The molecular formula is C60H98N8O20P4. The molecule has 0 aromatic carbocycles. The largest absolute Gasteiger partial charge is 0.479 e. The van der Waals surface area contributed by atoms with Crippen LogP contribution in [0.3, 0.4) is 0 Å². The van der Waals surface area contributed by atoms with Crippen LogP contribution in [0.2, 0.25) is 0 Å². The van der Waals surface area contributed by atoms with Crippen molar-refractivity contribution in [1.82, 2.24) is 39.5 Å². The molecule has 92 heavy (non-hydrogen) atoms. The summed E-state index contributed by atoms with van der Waals surface area (Å²) in [4.78, 5) is 88.9. The number of aromatic amines is 2. The molecule has 2 aromatic heterocycles. The predicted octanol–water partition coefficient (Wildman–Crippen LogP) is -0.476. The molecule has 6 aliphatic heterocycles. The van der Waals surface area contributed by atoms with Gasteiger partial charge in [0.15, 0.2) is 18.2 Å². The lowest BCUT2D eigenvalue weighted by atomic mass is 9.99. The number of carbonyl (C=O) groups excluding carboxylic acids is 3. The number of rotatable bonds is 19. The van der Waals surface area contributed by atoms with Crippen LogP contribution in [0.5, 0.6) is 5.75 Å². The maximum atomic E-state index is 12.1. The first-order valence-electron chi connectivity index (χ1n) is 29.7. The molecule has 16 atom stereocenters. The van der Waals surface area contributed by atoms with E-state index in [0.29, 0.717) is 48.3 Å². The van der Waals surface area contributed by atoms with E-state index in [1.54, 1.807) is 31.3 Å². The number of hydrogen-bond donors (Lipinski definition) is 12. The minimum atomic E-state index is -1.35. The van der Waals surface area contributed by atoms with E-state index in [1.165, 1.54) is 25.1 Å². The van der Waals surface area contributed by atoms with Gasteiger partial charge < -0.3 is 90.0 Å². The molecule has 0 bridgehead atoms. The summed E-state index contributed by atoms with van der Waals surface area (Å²) in [5, 5.41) is 87.0. The Morgan fingerprint density at radius 2 is 1.03 bits per heavy atom. The highest BCUT2D eigenvalue weighted by Crippen LogP contribution is 2.43. The fourth-order valence-corrected chi connectivity index (χ4v) is 14.1. The second-order valence-electron chi connectivity index (χ2n) is 26.8. The summed E-state index contributed by atoms with van der Waals surface area (Å²) in [5.41, 5.74) is -1.07. The summed E-state index contributed by atoms with van der Waals surface area (Å²) in [7, 11) is 2.95. The highest BCUT2D eigenvalue weighted by atomic mass is 31.2. The summed E-state index contributed by atoms with van der Waals surface area (Å²) in [5.74, 6) is -0.445. The molecule has 3 amide bonds. The second-order valence-corrected chi connectivity index (χ2v) is 44.1. The first kappa shape index (κ1) is 77.8. The van der Waals surface area contributed by atoms with Crippen LogP contribution in [0, 0.1) is 0 Å². The Morgan fingerprint density at radius 1 is 0.598 bits per heavy atom. The fraction of sp³-hybridized carbons (Fsp3) is 0.617. The van der Waals surface area contributed by atoms with Gasteiger partial charge in [0.05, 0.1) is 36.2 Å². The van der Waals surface area contributed by atoms with E-state index in [-0.39, 0.29) is 35.6 Å². The SMILES string of the molecule is C=C1NC(=O)C(C)=CN1[C@@H]1O[C@H](CCP(=C)(C)C)[C@@H](O)[C@H]1O.C=C1NC(=O)N(C)C=C1[C@@H]1O[C@H](CCP(=C)(C)C)[C@@H](O)[C@H]1O.C=P(C)(C)CC[C@H]1O[C@@H](c2c[nH]c(=O)n(C)c2=O)[C@H](O)[C@@H]1O.C=P(C)(C)CC[C@H]1O[C@@H](n2cc(OCC(C)=O)c(=O)[nH]c2=O)[C@H](O)[C@@H]1O. The lowest BCUT2D eigenvalue weighted by Crippen LogP contribution is -2.47. The smallest absolute Gasteiger partial charge is 0.330 e. The highest BCUT2D eigenvalue weighted by molar-refractivity contribution is 7.73. The topological polar surface area (TPSA) is 399 Å². The number of carbonyl (C=O) groups is 3. The maximum absolute atomic E-state index is 12.1. The van der Waals surface area contributed by atoms with Crippen LogP contribution < -0.4 is 37.9 Å². The van der Waals surface area contributed by atoms with E-state index in [1.807, 2.05) is 13.3 Å². The number of hydrogen-bond acceptors (Lipinski definition) is 21. The summed E-state index contributed by atoms with van der Waals surface area (Å²) in [6.45, 7) is 21.9. The lowest BCUT2D eigenvalue weighted by Gasteiger charge is -2.34. The summed E-state index contributed by atoms with van der Waals surface area (Å²) in [6, 6.07) is -0.290. The van der Waals surface area contributed by atoms with Crippen molar-refractivity contribution in [3.05, 3.63) is 108 Å². The highest BCUT2D eigenvalue weighted by Gasteiger charge is 2.49. The van der Waals surface area contributed by atoms with Crippen LogP contribution in [-0.2, 0) is 35.6 Å². The predicted molar refractivity (Wildman–Crippen MR) is 365 cm³/mol. The van der Waals surface area contributed by atoms with Crippen LogP contribution in [0.1, 0.15) is 57.4 Å². The minimum Gasteiger partial charge on any atom is -0.479 e. The molecule has 2 aromatic rings. The van der Waals surface area contributed by atoms with E-state index >= 15 is 0 Å². The standard InChI is InChI=1S/C16H25N2O7P.2C15H25N2O4P.C14H23N2O5P/c1-9(19)8-24-11-7-18(16(23)17-14(11)22)15-13(21)12(20)10(25-15)5-6-26(2,3)4;1-9-10(8-17(2)15(20)16-9)14-13(19)12(18)11(21-14)6-7-22(3,4)5;1-9-8-17(10(2)16-14(9)20)15-13(19)12(18)11(21-15)6-7-22(3,4)5;1-16-13(19)8(7-15-14(16)20)12-11(18)10(17)9(21-12)5-6-22(2,3)4/h7,10,12-13,15,20-21H,2,5-6,8H2,1,3-4H3,(H,17,22,23);8,11-14,18-19H,1,3,6-7H2,2,4-5H3,(H,16,20);8,11-13,15,18-19H,2-3,6-7H2,1,4-5H3,(H,16,20);7,9-12,17-18H,2,5-6H2,1,3-4H3,(H,15,20)/t10-,12-,13-,15-;11-,12-,13-,14+;11-,12-,13-,15-;9-,10-,11-,12+/m1111/s1. The number of aliphatic hydroxyl groups excluding tert-OH is 8. The van der Waals surface area contributed by atoms with Gasteiger partial charge in [0.25, 0.3) is 17.0 Å². The van der Waals surface area contributed by atoms with Gasteiger partial charge in [-0.3, -0.25) is 33.3 Å². The number of urea groups is 1. The zero-order chi connectivity index (χ0) is 69.6. The molecule has 0 radical (unpaired) electrons. The number of amides is 3. The van der Waals surface area contributed by atoms with Crippen molar-refractivity contribution >= 4 is 70.5 Å². The molecule has 12 N–H and O–H groups in total. The number of H-pyrrole nitrogens is 2. The molecule has 8 rings (SSSR count). The monoisotopic (exact) mass is 1370 g/mol. The van der Waals surface area contributed by atoms with E-state index in [0.717, 1.165) is 40.0 Å². The normalized spacial score (nSPS) is 30.0. The van der Waals surface area contributed by atoms with Crippen LogP contribution in [0.4, 0.5) is 4.79 Å². The zero-order valence-electron chi connectivity index (χ0n) is 54.7. The third-order valence-electron chi connectivity index (χ3n) is 15.7. The van der Waals surface area contributed by atoms with Gasteiger partial charge in [-0.25, -0.2) is 14.4 Å². The molecule has 32 heteroatoms. The van der Waals surface area contributed by atoms with E-state index in [4.69, 9.17) is 23.7 Å². The molecular weight excluding hydrogens is 1280 g/mol. The molecule has 4 saturated heterocycles. The quantitative estimate of drug-likeness (QED) is 0.0791. The van der Waals surface area contributed by atoms with Crippen molar-refractivity contribution < 1.29 is 78.9 Å². The number of aromatic nitrogens is 4. The van der Waals surface area contributed by atoms with E-state index in [2.05, 4.69) is 98.9 Å². The van der Waals surface area contributed by atoms with Gasteiger partial charge in [-0.05, 0) is 117 Å². The molecule has 8 heterocycles. The van der Waals surface area contributed by atoms with Crippen molar-refractivity contribution in [3.8, 4) is 5.75 Å². The Bertz CT molecular complexity index is 3540. The van der Waals surface area contributed by atoms with Gasteiger partial charge in [0.2, 0.25) is 5.75 Å². The molecule has 6 aliphatic rings. The number of ether oxygens (including phenoxy) is 5. The molecule has 518 valence electrons. The molecule has 4 fully saturated rings. The van der Waals surface area contributed by atoms with Gasteiger partial charge >= 0.3 is 17.4 Å². The van der Waals surface area contributed by atoms with Gasteiger partial charge in [0, 0.05) is 49.5 Å². The Morgan fingerprint density at radius 3 is 1.51 bits per heavy atom. The van der Waals surface area contributed by atoms with Gasteiger partial charge in [0.1, 0.15) is 73.5 Å². The number of nitrogens with zero attached hydrogens (tertiary/aromatic N) is 4. The molecule has 0 unspecified atom stereocenters. The summed E-state index contributed by atoms with van der Waals surface area (Å²) >= 11 is 0. The molecule has 28 nitrogen and oxygen atoms in total. The second kappa shape index (κ2) is 31.7. The van der Waals surface area contributed by atoms with Gasteiger partial charge in [-0.15, -0.1) is 52.7 Å². The first-order chi connectivity index (χ1) is 42.3. The first-order valence-corrected chi connectivity index (χ1v) is 42.0. The summed E-state index contributed by atoms with van der Waals surface area (Å²) < 4.78 is 30.0. The number of aliphatic hydroxyl groups is 8. The number of Topliss-reactive ketones (excluding diaryl/α,β-unsaturated/α-hetero) is 1. The van der Waals surface area contributed by atoms with E-state index < -0.39 is 148 Å². The summed E-state index contributed by atoms with van der Waals surface area (Å²) in [6.07, 6.45) is 13.2. The number of nitrogens with one attached hydrogen (secondary N) is 4. The van der Waals surface area contributed by atoms with Crippen molar-refractivity contribution in [2.24, 2.45) is 7.05 Å². The lowest BCUT2D eigenvalue weighted by molar-refractivity contribution is -0.120. The molecule has 0 aliphatic carbocycles. The third-order valence-corrected chi connectivity index (χ3v) is 21.6. The van der Waals surface area contributed by atoms with Crippen LogP contribution in [-0.4, -0.2) is 290 Å². The van der Waals surface area contributed by atoms with Crippen LogP contribution >= 0.6 is 27.5 Å². The van der Waals surface area contributed by atoms with Crippen molar-refractivity contribution in [2.45, 2.75) is 137 Å². The van der Waals surface area contributed by atoms with Crippen molar-refractivity contribution in [1.29, 1.82) is 0 Å². The maximum Gasteiger partial charge on any atom is 0.330 e. The molecule has 0 saturated carbocycles. The Balaban J connectivity index is 0.000000223. The van der Waals surface area contributed by atoms with Gasteiger partial charge in [-0.1, -0.05) is 13.2 Å². The average molecular weight is 1380 g/mol. The minimum absolute atomic E-state index is 0.139. The van der Waals surface area contributed by atoms with Crippen LogP contribution in [0.15, 0.2) is 79.8 Å². The number of ketones is 1. The zero-order valence-corrected chi connectivity index (χ0v) is 58.3.